The summed E-state index contributed by atoms with van der Waals surface area (Å²) in [6, 6.07) is 41.7. The SMILES string of the molecule is C=Cc1ccccc1C[P+](c1ccccc1)(c1ccccc1)c1ccccc1. The van der Waals surface area contributed by atoms with Crippen LogP contribution in [0.5, 0.6) is 0 Å². The predicted molar refractivity (Wildman–Crippen MR) is 125 cm³/mol. The zero-order valence-electron chi connectivity index (χ0n) is 15.9. The highest BCUT2D eigenvalue weighted by molar-refractivity contribution is 7.95. The van der Waals surface area contributed by atoms with Crippen LogP contribution in [0, 0.1) is 0 Å². The molecule has 0 aliphatic rings. The van der Waals surface area contributed by atoms with E-state index in [-0.39, 0.29) is 0 Å². The van der Waals surface area contributed by atoms with Crippen LogP contribution in [0.4, 0.5) is 0 Å². The minimum absolute atomic E-state index is 0.979. The van der Waals surface area contributed by atoms with Crippen molar-refractivity contribution in [2.45, 2.75) is 6.16 Å². The molecule has 0 aromatic heterocycles. The summed E-state index contributed by atoms with van der Waals surface area (Å²) in [4.78, 5) is 0. The maximum absolute atomic E-state index is 4.05. The van der Waals surface area contributed by atoms with Gasteiger partial charge in [-0.05, 0) is 47.5 Å². The third-order valence-corrected chi connectivity index (χ3v) is 9.63. The highest BCUT2D eigenvalue weighted by Crippen LogP contribution is 2.58. The molecule has 0 spiro atoms. The molecular formula is C27H24P+. The third kappa shape index (κ3) is 3.44. The summed E-state index contributed by atoms with van der Waals surface area (Å²) in [6.45, 7) is 4.05. The molecule has 0 saturated heterocycles. The molecule has 0 aliphatic carbocycles. The van der Waals surface area contributed by atoms with E-state index in [1.54, 1.807) is 0 Å². The van der Waals surface area contributed by atoms with E-state index in [0.29, 0.717) is 0 Å². The lowest BCUT2D eigenvalue weighted by atomic mass is 10.1. The van der Waals surface area contributed by atoms with Crippen molar-refractivity contribution >= 4 is 29.3 Å². The Morgan fingerprint density at radius 1 is 0.536 bits per heavy atom. The van der Waals surface area contributed by atoms with E-state index in [0.717, 1.165) is 6.16 Å². The van der Waals surface area contributed by atoms with E-state index in [1.165, 1.54) is 27.0 Å². The van der Waals surface area contributed by atoms with Crippen molar-refractivity contribution in [3.05, 3.63) is 133 Å². The normalized spacial score (nSPS) is 11.1. The summed E-state index contributed by atoms with van der Waals surface area (Å²) in [5, 5.41) is 4.23. The largest absolute Gasteiger partial charge is 0.116 e. The van der Waals surface area contributed by atoms with Crippen molar-refractivity contribution in [3.63, 3.8) is 0 Å². The molecule has 0 bridgehead atoms. The standard InChI is InChI=1S/C27H24P/c1-2-23-14-12-13-15-24(23)22-28(25-16-6-3-7-17-25,26-18-8-4-9-19-26)27-20-10-5-11-21-27/h2-21H,1,22H2/q+1. The van der Waals surface area contributed by atoms with Crippen molar-refractivity contribution < 1.29 is 0 Å². The summed E-state index contributed by atoms with van der Waals surface area (Å²) in [5.41, 5.74) is 2.57. The van der Waals surface area contributed by atoms with Gasteiger partial charge in [-0.3, -0.25) is 0 Å². The lowest BCUT2D eigenvalue weighted by Crippen LogP contribution is -2.32. The topological polar surface area (TPSA) is 0 Å². The minimum atomic E-state index is -1.86. The van der Waals surface area contributed by atoms with Crippen LogP contribution in [0.2, 0.25) is 0 Å². The molecule has 0 heterocycles. The van der Waals surface area contributed by atoms with Crippen LogP contribution in [-0.4, -0.2) is 0 Å². The summed E-state index contributed by atoms with van der Waals surface area (Å²) in [7, 11) is -1.86. The summed E-state index contributed by atoms with van der Waals surface area (Å²) in [6.07, 6.45) is 2.96. The maximum Gasteiger partial charge on any atom is 0.116 e. The number of hydrogen-bond donors (Lipinski definition) is 0. The van der Waals surface area contributed by atoms with Gasteiger partial charge in [0.2, 0.25) is 0 Å². The fraction of sp³-hybridized carbons (Fsp3) is 0.0370. The second-order valence-electron chi connectivity index (χ2n) is 6.88. The van der Waals surface area contributed by atoms with Gasteiger partial charge >= 0.3 is 0 Å². The van der Waals surface area contributed by atoms with E-state index in [9.17, 15) is 0 Å². The van der Waals surface area contributed by atoms with Crippen LogP contribution < -0.4 is 15.9 Å². The molecule has 0 unspecified atom stereocenters. The Morgan fingerprint density at radius 2 is 0.929 bits per heavy atom. The molecule has 28 heavy (non-hydrogen) atoms. The Morgan fingerprint density at radius 3 is 1.36 bits per heavy atom. The van der Waals surface area contributed by atoms with Gasteiger partial charge in [-0.25, -0.2) is 0 Å². The molecule has 4 rings (SSSR count). The van der Waals surface area contributed by atoms with Gasteiger partial charge in [0, 0.05) is 0 Å². The first kappa shape index (κ1) is 18.4. The monoisotopic (exact) mass is 379 g/mol. The van der Waals surface area contributed by atoms with Gasteiger partial charge in [0.15, 0.2) is 0 Å². The van der Waals surface area contributed by atoms with Gasteiger partial charge in [-0.2, -0.15) is 0 Å². The van der Waals surface area contributed by atoms with Gasteiger partial charge in [-0.15, -0.1) is 0 Å². The van der Waals surface area contributed by atoms with Gasteiger partial charge < -0.3 is 0 Å². The molecule has 0 nitrogen and oxygen atoms in total. The predicted octanol–water partition coefficient (Wildman–Crippen LogP) is 5.82. The van der Waals surface area contributed by atoms with Crippen LogP contribution in [0.3, 0.4) is 0 Å². The molecule has 0 saturated carbocycles. The minimum Gasteiger partial charge on any atom is -0.0985 e. The highest BCUT2D eigenvalue weighted by Gasteiger charge is 2.45. The van der Waals surface area contributed by atoms with Crippen LogP contribution in [0.1, 0.15) is 11.1 Å². The van der Waals surface area contributed by atoms with Crippen molar-refractivity contribution in [1.29, 1.82) is 0 Å². The average molecular weight is 379 g/mol. The molecule has 0 amide bonds. The van der Waals surface area contributed by atoms with Crippen molar-refractivity contribution in [3.8, 4) is 0 Å². The van der Waals surface area contributed by atoms with Crippen molar-refractivity contribution in [2.75, 3.05) is 0 Å². The van der Waals surface area contributed by atoms with Gasteiger partial charge in [-0.1, -0.05) is 91.5 Å². The summed E-state index contributed by atoms with van der Waals surface area (Å²) < 4.78 is 0. The summed E-state index contributed by atoms with van der Waals surface area (Å²) in [5.74, 6) is 0. The van der Waals surface area contributed by atoms with Gasteiger partial charge in [0.1, 0.15) is 23.2 Å². The lowest BCUT2D eigenvalue weighted by molar-refractivity contribution is 1.37. The summed E-state index contributed by atoms with van der Waals surface area (Å²) >= 11 is 0. The van der Waals surface area contributed by atoms with Crippen molar-refractivity contribution in [1.82, 2.24) is 0 Å². The first-order chi connectivity index (χ1) is 13.8. The van der Waals surface area contributed by atoms with Crippen LogP contribution in [-0.2, 0) is 6.16 Å². The van der Waals surface area contributed by atoms with Crippen LogP contribution >= 0.6 is 7.26 Å². The zero-order valence-corrected chi connectivity index (χ0v) is 16.8. The first-order valence-corrected chi connectivity index (χ1v) is 11.6. The second-order valence-corrected chi connectivity index (χ2v) is 10.4. The van der Waals surface area contributed by atoms with E-state index in [4.69, 9.17) is 0 Å². The van der Waals surface area contributed by atoms with E-state index >= 15 is 0 Å². The molecular weight excluding hydrogens is 355 g/mol. The van der Waals surface area contributed by atoms with Crippen molar-refractivity contribution in [2.24, 2.45) is 0 Å². The maximum atomic E-state index is 4.05. The Bertz CT molecular complexity index is 940. The van der Waals surface area contributed by atoms with Gasteiger partial charge in [0.25, 0.3) is 0 Å². The molecule has 0 radical (unpaired) electrons. The fourth-order valence-corrected chi connectivity index (χ4v) is 8.19. The Hall–Kier alpha value is -2.95. The molecule has 0 N–H and O–H groups in total. The number of rotatable bonds is 6. The second kappa shape index (κ2) is 8.38. The van der Waals surface area contributed by atoms with E-state index in [2.05, 4.69) is 122 Å². The Kier molecular flexibility index (Phi) is 5.51. The smallest absolute Gasteiger partial charge is 0.0985 e. The van der Waals surface area contributed by atoms with E-state index in [1.807, 2.05) is 6.08 Å². The van der Waals surface area contributed by atoms with Gasteiger partial charge in [0.05, 0.1) is 6.16 Å². The molecule has 0 atom stereocenters. The fourth-order valence-electron chi connectivity index (χ4n) is 3.90. The van der Waals surface area contributed by atoms with Crippen LogP contribution in [0.15, 0.2) is 122 Å². The number of benzene rings is 4. The zero-order chi connectivity index (χ0) is 19.2. The third-order valence-electron chi connectivity index (χ3n) is 5.27. The average Bonchev–Trinajstić information content (AvgIpc) is 2.79. The molecule has 4 aromatic rings. The first-order valence-electron chi connectivity index (χ1n) is 9.60. The quantitative estimate of drug-likeness (QED) is 0.370. The molecule has 4 aromatic carbocycles. The molecule has 1 heteroatoms. The number of hydrogen-bond acceptors (Lipinski definition) is 0. The lowest BCUT2D eigenvalue weighted by Gasteiger charge is -2.28. The molecule has 0 fully saturated rings. The Labute approximate surface area is 168 Å². The van der Waals surface area contributed by atoms with Crippen LogP contribution in [0.25, 0.3) is 6.08 Å². The molecule has 0 aliphatic heterocycles. The molecule has 136 valence electrons. The van der Waals surface area contributed by atoms with E-state index < -0.39 is 7.26 Å². The highest BCUT2D eigenvalue weighted by atomic mass is 31.2. The Balaban J connectivity index is 2.02.